The first-order chi connectivity index (χ1) is 10.3. The molecular formula is C16H15N5. The first kappa shape index (κ1) is 13.1. The summed E-state index contributed by atoms with van der Waals surface area (Å²) in [6.07, 6.45) is 4.25. The van der Waals surface area contributed by atoms with Gasteiger partial charge in [0.05, 0.1) is 16.8 Å². The minimum atomic E-state index is 0.568. The fourth-order valence-corrected chi connectivity index (χ4v) is 2.38. The molecule has 3 aromatic rings. The molecular weight excluding hydrogens is 262 g/mol. The maximum atomic E-state index is 9.26. The van der Waals surface area contributed by atoms with Crippen molar-refractivity contribution < 1.29 is 0 Å². The van der Waals surface area contributed by atoms with Crippen LogP contribution in [-0.2, 0) is 13.5 Å². The van der Waals surface area contributed by atoms with Crippen molar-refractivity contribution in [3.63, 3.8) is 0 Å². The van der Waals surface area contributed by atoms with Crippen LogP contribution in [0.25, 0.3) is 10.9 Å². The second-order valence-electron chi connectivity index (χ2n) is 4.80. The molecule has 0 spiro atoms. The second-order valence-corrected chi connectivity index (χ2v) is 4.80. The maximum Gasteiger partial charge on any atom is 0.103 e. The number of aryl methyl sites for hydroxylation is 1. The Bertz CT molecular complexity index is 813. The van der Waals surface area contributed by atoms with Crippen LogP contribution in [0.1, 0.15) is 11.3 Å². The molecule has 0 aliphatic rings. The van der Waals surface area contributed by atoms with E-state index in [9.17, 15) is 5.26 Å². The fourth-order valence-electron chi connectivity index (χ4n) is 2.38. The summed E-state index contributed by atoms with van der Waals surface area (Å²) in [4.78, 5) is 4.31. The van der Waals surface area contributed by atoms with Crippen molar-refractivity contribution in [1.29, 1.82) is 5.26 Å². The zero-order valence-electron chi connectivity index (χ0n) is 11.7. The largest absolute Gasteiger partial charge is 0.383 e. The predicted molar refractivity (Wildman–Crippen MR) is 81.9 cm³/mol. The molecule has 0 atom stereocenters. The van der Waals surface area contributed by atoms with Gasteiger partial charge < -0.3 is 5.32 Å². The zero-order valence-corrected chi connectivity index (χ0v) is 11.7. The molecule has 2 heterocycles. The molecule has 0 bridgehead atoms. The molecule has 5 heteroatoms. The quantitative estimate of drug-likeness (QED) is 0.795. The topological polar surface area (TPSA) is 66.5 Å². The van der Waals surface area contributed by atoms with Crippen LogP contribution in [0.15, 0.2) is 42.7 Å². The van der Waals surface area contributed by atoms with E-state index < -0.39 is 0 Å². The lowest BCUT2D eigenvalue weighted by Gasteiger charge is -2.11. The summed E-state index contributed by atoms with van der Waals surface area (Å²) in [5, 5.41) is 17.8. The van der Waals surface area contributed by atoms with Crippen LogP contribution in [0.3, 0.4) is 0 Å². The molecule has 5 nitrogen and oxygen atoms in total. The molecule has 0 fully saturated rings. The highest BCUT2D eigenvalue weighted by Crippen LogP contribution is 2.25. The van der Waals surface area contributed by atoms with Gasteiger partial charge in [-0.1, -0.05) is 18.2 Å². The third-order valence-electron chi connectivity index (χ3n) is 3.50. The third-order valence-corrected chi connectivity index (χ3v) is 3.50. The van der Waals surface area contributed by atoms with Gasteiger partial charge in [-0.05, 0) is 12.1 Å². The minimum Gasteiger partial charge on any atom is -0.383 e. The average Bonchev–Trinajstić information content (AvgIpc) is 2.93. The highest BCUT2D eigenvalue weighted by molar-refractivity contribution is 5.93. The Morgan fingerprint density at radius 1 is 1.29 bits per heavy atom. The molecule has 104 valence electrons. The van der Waals surface area contributed by atoms with E-state index in [1.165, 1.54) is 0 Å². The number of hydrogen-bond donors (Lipinski definition) is 1. The summed E-state index contributed by atoms with van der Waals surface area (Å²) < 4.78 is 1.86. The molecule has 0 aliphatic heterocycles. The molecule has 0 unspecified atom stereocenters. The molecule has 1 aromatic carbocycles. The van der Waals surface area contributed by atoms with Crippen molar-refractivity contribution >= 4 is 16.6 Å². The van der Waals surface area contributed by atoms with Gasteiger partial charge in [0.15, 0.2) is 0 Å². The summed E-state index contributed by atoms with van der Waals surface area (Å²) in [5.41, 5.74) is 3.46. The van der Waals surface area contributed by atoms with E-state index in [-0.39, 0.29) is 0 Å². The van der Waals surface area contributed by atoms with Gasteiger partial charge in [-0.25, -0.2) is 0 Å². The second kappa shape index (κ2) is 5.63. The average molecular weight is 277 g/mol. The number of nitrogens with one attached hydrogen (secondary N) is 1. The lowest BCUT2D eigenvalue weighted by Crippen LogP contribution is -2.09. The van der Waals surface area contributed by atoms with Gasteiger partial charge in [0.25, 0.3) is 0 Å². The van der Waals surface area contributed by atoms with Crippen molar-refractivity contribution in [3.05, 3.63) is 54.0 Å². The Morgan fingerprint density at radius 3 is 2.90 bits per heavy atom. The first-order valence-electron chi connectivity index (χ1n) is 6.78. The van der Waals surface area contributed by atoms with Crippen molar-refractivity contribution in [2.75, 3.05) is 11.9 Å². The summed E-state index contributed by atoms with van der Waals surface area (Å²) in [7, 11) is 1.93. The van der Waals surface area contributed by atoms with Gasteiger partial charge in [-0.2, -0.15) is 10.4 Å². The summed E-state index contributed by atoms with van der Waals surface area (Å²) >= 11 is 0. The molecule has 21 heavy (non-hydrogen) atoms. The smallest absolute Gasteiger partial charge is 0.103 e. The van der Waals surface area contributed by atoms with Crippen LogP contribution in [-0.4, -0.2) is 21.3 Å². The number of nitriles is 1. The zero-order chi connectivity index (χ0) is 14.7. The van der Waals surface area contributed by atoms with E-state index in [2.05, 4.69) is 21.5 Å². The highest BCUT2D eigenvalue weighted by atomic mass is 15.3. The van der Waals surface area contributed by atoms with E-state index >= 15 is 0 Å². The van der Waals surface area contributed by atoms with Crippen LogP contribution in [0.5, 0.6) is 0 Å². The summed E-state index contributed by atoms with van der Waals surface area (Å²) in [6.45, 7) is 0.738. The normalized spacial score (nSPS) is 10.5. The van der Waals surface area contributed by atoms with Gasteiger partial charge >= 0.3 is 0 Å². The fraction of sp³-hybridized carbons (Fsp3) is 0.188. The molecule has 1 N–H and O–H groups in total. The molecule has 3 rings (SSSR count). The van der Waals surface area contributed by atoms with Gasteiger partial charge in [0.2, 0.25) is 0 Å². The number of benzene rings is 1. The SMILES string of the molecule is Cn1nccc1CCNc1c(C#N)cnc2ccccc12. The van der Waals surface area contributed by atoms with Crippen LogP contribution < -0.4 is 5.32 Å². The number of anilines is 1. The van der Waals surface area contributed by atoms with E-state index in [1.54, 1.807) is 12.4 Å². The van der Waals surface area contributed by atoms with Crippen LogP contribution in [0.4, 0.5) is 5.69 Å². The summed E-state index contributed by atoms with van der Waals surface area (Å²) in [6, 6.07) is 12.0. The van der Waals surface area contributed by atoms with Crippen molar-refractivity contribution in [2.45, 2.75) is 6.42 Å². The molecule has 0 saturated heterocycles. The standard InChI is InChI=1S/C16H15N5/c1-21-13(7-9-20-21)6-8-18-16-12(10-17)11-19-15-5-3-2-4-14(15)16/h2-5,7,9,11H,6,8H2,1H3,(H,18,19). The van der Waals surface area contributed by atoms with E-state index in [0.717, 1.165) is 35.2 Å². The van der Waals surface area contributed by atoms with Gasteiger partial charge in [-0.15, -0.1) is 0 Å². The van der Waals surface area contributed by atoms with Gasteiger partial charge in [0.1, 0.15) is 6.07 Å². The highest BCUT2D eigenvalue weighted by Gasteiger charge is 2.08. The van der Waals surface area contributed by atoms with Gasteiger partial charge in [0, 0.05) is 43.5 Å². The third kappa shape index (κ3) is 2.56. The Kier molecular flexibility index (Phi) is 3.52. The lowest BCUT2D eigenvalue weighted by molar-refractivity contribution is 0.711. The molecule has 0 amide bonds. The minimum absolute atomic E-state index is 0.568. The van der Waals surface area contributed by atoms with Crippen molar-refractivity contribution in [1.82, 2.24) is 14.8 Å². The number of para-hydroxylation sites is 1. The first-order valence-corrected chi connectivity index (χ1v) is 6.78. The Balaban J connectivity index is 1.86. The van der Waals surface area contributed by atoms with Gasteiger partial charge in [-0.3, -0.25) is 9.67 Å². The Labute approximate surface area is 122 Å². The van der Waals surface area contributed by atoms with E-state index in [4.69, 9.17) is 0 Å². The number of aromatic nitrogens is 3. The molecule has 0 aliphatic carbocycles. The molecule has 2 aromatic heterocycles. The number of rotatable bonds is 4. The number of pyridine rings is 1. The van der Waals surface area contributed by atoms with Crippen molar-refractivity contribution in [3.8, 4) is 6.07 Å². The number of hydrogen-bond acceptors (Lipinski definition) is 4. The van der Waals surface area contributed by atoms with Crippen LogP contribution in [0.2, 0.25) is 0 Å². The monoisotopic (exact) mass is 277 g/mol. The Morgan fingerprint density at radius 2 is 2.14 bits per heavy atom. The maximum absolute atomic E-state index is 9.26. The molecule has 0 radical (unpaired) electrons. The lowest BCUT2D eigenvalue weighted by atomic mass is 10.1. The van der Waals surface area contributed by atoms with Crippen LogP contribution >= 0.6 is 0 Å². The number of fused-ring (bicyclic) bond motifs is 1. The number of nitrogens with zero attached hydrogens (tertiary/aromatic N) is 4. The summed E-state index contributed by atoms with van der Waals surface area (Å²) in [5.74, 6) is 0. The van der Waals surface area contributed by atoms with E-state index in [1.807, 2.05) is 42.1 Å². The molecule has 0 saturated carbocycles. The van der Waals surface area contributed by atoms with Crippen molar-refractivity contribution in [2.24, 2.45) is 7.05 Å². The Hall–Kier alpha value is -2.87. The van der Waals surface area contributed by atoms with E-state index in [0.29, 0.717) is 5.56 Å². The van der Waals surface area contributed by atoms with Crippen LogP contribution in [0, 0.1) is 11.3 Å². The predicted octanol–water partition coefficient (Wildman–Crippen LogP) is 2.49.